The lowest BCUT2D eigenvalue weighted by atomic mass is 9.87. The topological polar surface area (TPSA) is 54.0 Å². The lowest BCUT2D eigenvalue weighted by molar-refractivity contribution is 0.251. The quantitative estimate of drug-likeness (QED) is 0.648. The van der Waals surface area contributed by atoms with Crippen LogP contribution in [0.4, 0.5) is 10.5 Å². The van der Waals surface area contributed by atoms with Crippen LogP contribution in [0.15, 0.2) is 60.1 Å². The zero-order valence-electron chi connectivity index (χ0n) is 15.2. The van der Waals surface area contributed by atoms with Crippen LogP contribution in [-0.2, 0) is 12.0 Å². The molecule has 0 aliphatic heterocycles. The average Bonchev–Trinajstić information content (AvgIpc) is 3.15. The third kappa shape index (κ3) is 4.70. The molecule has 3 aromatic rings. The van der Waals surface area contributed by atoms with Gasteiger partial charge in [-0.3, -0.25) is 4.98 Å². The molecule has 2 aromatic heterocycles. The third-order valence-corrected chi connectivity index (χ3v) is 4.95. The Balaban J connectivity index is 1.57. The van der Waals surface area contributed by atoms with E-state index < -0.39 is 0 Å². The van der Waals surface area contributed by atoms with Crippen molar-refractivity contribution in [3.05, 3.63) is 71.2 Å². The summed E-state index contributed by atoms with van der Waals surface area (Å²) in [6.07, 6.45) is 1.77. The fourth-order valence-electron chi connectivity index (χ4n) is 2.55. The van der Waals surface area contributed by atoms with Gasteiger partial charge < -0.3 is 10.6 Å². The van der Waals surface area contributed by atoms with Gasteiger partial charge in [0, 0.05) is 18.4 Å². The van der Waals surface area contributed by atoms with E-state index in [1.54, 1.807) is 17.5 Å². The van der Waals surface area contributed by atoms with E-state index in [0.29, 0.717) is 6.54 Å². The molecule has 0 bridgehead atoms. The number of thiophene rings is 1. The van der Waals surface area contributed by atoms with Crippen LogP contribution in [0.5, 0.6) is 0 Å². The summed E-state index contributed by atoms with van der Waals surface area (Å²) in [7, 11) is 0. The van der Waals surface area contributed by atoms with Gasteiger partial charge in [-0.2, -0.15) is 0 Å². The number of nitrogens with zero attached hydrogens (tertiary/aromatic N) is 1. The summed E-state index contributed by atoms with van der Waals surface area (Å²) in [5.74, 6) is 0. The Kier molecular flexibility index (Phi) is 5.38. The number of hydrogen-bond acceptors (Lipinski definition) is 3. The molecule has 3 rings (SSSR count). The molecular weight excluding hydrogens is 342 g/mol. The predicted molar refractivity (Wildman–Crippen MR) is 109 cm³/mol. The highest BCUT2D eigenvalue weighted by Gasteiger charge is 2.13. The fourth-order valence-corrected chi connectivity index (χ4v) is 3.25. The highest BCUT2D eigenvalue weighted by atomic mass is 32.1. The maximum atomic E-state index is 12.1. The number of hydrogen-bond donors (Lipinski definition) is 2. The maximum absolute atomic E-state index is 12.1. The molecule has 2 amide bonds. The molecule has 0 aliphatic rings. The van der Waals surface area contributed by atoms with Gasteiger partial charge in [0.1, 0.15) is 0 Å². The van der Waals surface area contributed by atoms with Crippen molar-refractivity contribution >= 4 is 23.1 Å². The van der Waals surface area contributed by atoms with Crippen molar-refractivity contribution in [2.75, 3.05) is 5.32 Å². The molecule has 0 spiro atoms. The minimum absolute atomic E-state index is 0.0996. The van der Waals surface area contributed by atoms with E-state index >= 15 is 0 Å². The van der Waals surface area contributed by atoms with Gasteiger partial charge in [-0.05, 0) is 52.3 Å². The van der Waals surface area contributed by atoms with E-state index in [2.05, 4.69) is 36.4 Å². The molecule has 0 unspecified atom stereocenters. The van der Waals surface area contributed by atoms with E-state index in [-0.39, 0.29) is 11.4 Å². The van der Waals surface area contributed by atoms with Crippen LogP contribution < -0.4 is 10.6 Å². The van der Waals surface area contributed by atoms with Crippen molar-refractivity contribution in [3.8, 4) is 10.6 Å². The van der Waals surface area contributed by atoms with Gasteiger partial charge in [-0.25, -0.2) is 4.79 Å². The third-order valence-electron chi connectivity index (χ3n) is 4.06. The van der Waals surface area contributed by atoms with E-state index in [1.807, 2.05) is 53.9 Å². The van der Waals surface area contributed by atoms with Gasteiger partial charge in [-0.15, -0.1) is 11.3 Å². The second-order valence-corrected chi connectivity index (χ2v) is 8.11. The van der Waals surface area contributed by atoms with Gasteiger partial charge in [0.15, 0.2) is 0 Å². The molecule has 0 saturated heterocycles. The van der Waals surface area contributed by atoms with Crippen LogP contribution >= 0.6 is 11.3 Å². The molecule has 0 aliphatic carbocycles. The minimum atomic E-state index is -0.219. The zero-order chi connectivity index (χ0) is 18.6. The van der Waals surface area contributed by atoms with Crippen molar-refractivity contribution in [3.63, 3.8) is 0 Å². The highest BCUT2D eigenvalue weighted by molar-refractivity contribution is 7.13. The van der Waals surface area contributed by atoms with E-state index in [9.17, 15) is 4.79 Å². The number of amides is 2. The zero-order valence-corrected chi connectivity index (χ0v) is 16.1. The molecule has 2 N–H and O–H groups in total. The lowest BCUT2D eigenvalue weighted by Gasteiger charge is -2.19. The van der Waals surface area contributed by atoms with Crippen LogP contribution in [0.25, 0.3) is 10.6 Å². The summed E-state index contributed by atoms with van der Waals surface area (Å²) in [4.78, 5) is 17.7. The molecule has 1 aromatic carbocycles. The number of aromatic nitrogens is 1. The van der Waals surface area contributed by atoms with Crippen LogP contribution in [0.2, 0.25) is 0 Å². The Morgan fingerprint density at radius 2 is 1.88 bits per heavy atom. The standard InChI is InChI=1S/C21H23N3OS/c1-21(2,3)16-6-8-17(9-7-16)24-20(25)23-14-15-10-11-22-18(13-15)19-5-4-12-26-19/h4-13H,14H2,1-3H3,(H2,23,24,25). The van der Waals surface area contributed by atoms with Crippen LogP contribution in [0, 0.1) is 0 Å². The van der Waals surface area contributed by atoms with E-state index in [1.165, 1.54) is 5.56 Å². The Hall–Kier alpha value is -2.66. The SMILES string of the molecule is CC(C)(C)c1ccc(NC(=O)NCc2ccnc(-c3cccs3)c2)cc1. The molecular formula is C21H23N3OS. The first-order valence-electron chi connectivity index (χ1n) is 8.56. The summed E-state index contributed by atoms with van der Waals surface area (Å²) in [6.45, 7) is 6.96. The van der Waals surface area contributed by atoms with Crippen molar-refractivity contribution in [1.82, 2.24) is 10.3 Å². The minimum Gasteiger partial charge on any atom is -0.334 e. The number of pyridine rings is 1. The molecule has 26 heavy (non-hydrogen) atoms. The largest absolute Gasteiger partial charge is 0.334 e. The first-order valence-corrected chi connectivity index (χ1v) is 9.44. The van der Waals surface area contributed by atoms with Gasteiger partial charge in [0.25, 0.3) is 0 Å². The monoisotopic (exact) mass is 365 g/mol. The fraction of sp³-hybridized carbons (Fsp3) is 0.238. The average molecular weight is 366 g/mol. The number of rotatable bonds is 4. The molecule has 2 heterocycles. The Morgan fingerprint density at radius 1 is 1.12 bits per heavy atom. The number of carbonyl (C=O) groups excluding carboxylic acids is 1. The second-order valence-electron chi connectivity index (χ2n) is 7.16. The summed E-state index contributed by atoms with van der Waals surface area (Å²) >= 11 is 1.65. The number of anilines is 1. The smallest absolute Gasteiger partial charge is 0.319 e. The van der Waals surface area contributed by atoms with Crippen LogP contribution in [-0.4, -0.2) is 11.0 Å². The summed E-state index contributed by atoms with van der Waals surface area (Å²) in [6, 6.07) is 15.7. The number of benzene rings is 1. The first-order chi connectivity index (χ1) is 12.4. The van der Waals surface area contributed by atoms with Gasteiger partial charge in [-0.1, -0.05) is 39.0 Å². The van der Waals surface area contributed by atoms with E-state index in [4.69, 9.17) is 0 Å². The number of nitrogens with one attached hydrogen (secondary N) is 2. The number of urea groups is 1. The Labute approximate surface area is 158 Å². The molecule has 0 saturated carbocycles. The van der Waals surface area contributed by atoms with Gasteiger partial charge in [0.05, 0.1) is 10.6 Å². The van der Waals surface area contributed by atoms with E-state index in [0.717, 1.165) is 21.8 Å². The molecule has 4 nitrogen and oxygen atoms in total. The molecule has 134 valence electrons. The highest BCUT2D eigenvalue weighted by Crippen LogP contribution is 2.24. The van der Waals surface area contributed by atoms with Crippen molar-refractivity contribution in [2.45, 2.75) is 32.7 Å². The normalized spacial score (nSPS) is 11.2. The molecule has 5 heteroatoms. The van der Waals surface area contributed by atoms with Gasteiger partial charge in [0.2, 0.25) is 0 Å². The van der Waals surface area contributed by atoms with Crippen molar-refractivity contribution < 1.29 is 4.79 Å². The lowest BCUT2D eigenvalue weighted by Crippen LogP contribution is -2.28. The predicted octanol–water partition coefficient (Wildman–Crippen LogP) is 5.43. The van der Waals surface area contributed by atoms with Crippen molar-refractivity contribution in [2.24, 2.45) is 0 Å². The van der Waals surface area contributed by atoms with Crippen molar-refractivity contribution in [1.29, 1.82) is 0 Å². The van der Waals surface area contributed by atoms with Gasteiger partial charge >= 0.3 is 6.03 Å². The summed E-state index contributed by atoms with van der Waals surface area (Å²) < 4.78 is 0. The maximum Gasteiger partial charge on any atom is 0.319 e. The summed E-state index contributed by atoms with van der Waals surface area (Å²) in [5.41, 5.74) is 4.06. The number of carbonyl (C=O) groups is 1. The Bertz CT molecular complexity index is 865. The molecule has 0 radical (unpaired) electrons. The molecule has 0 atom stereocenters. The van der Waals surface area contributed by atoms with Crippen LogP contribution in [0.1, 0.15) is 31.9 Å². The molecule has 0 fully saturated rings. The second kappa shape index (κ2) is 7.70. The van der Waals surface area contributed by atoms with Crippen LogP contribution in [0.3, 0.4) is 0 Å². The summed E-state index contributed by atoms with van der Waals surface area (Å²) in [5, 5.41) is 7.79. The Morgan fingerprint density at radius 3 is 2.54 bits per heavy atom. The first kappa shape index (κ1) is 18.1.